The Morgan fingerprint density at radius 3 is 2.59 bits per heavy atom. The van der Waals surface area contributed by atoms with Gasteiger partial charge in [-0.2, -0.15) is 0 Å². The van der Waals surface area contributed by atoms with Gasteiger partial charge in [0.25, 0.3) is 0 Å². The second-order valence-electron chi connectivity index (χ2n) is 5.52. The Morgan fingerprint density at radius 1 is 1.05 bits per heavy atom. The van der Waals surface area contributed by atoms with Gasteiger partial charge in [0, 0.05) is 28.3 Å². The van der Waals surface area contributed by atoms with E-state index in [1.807, 2.05) is 25.9 Å². The number of rotatable bonds is 4. The summed E-state index contributed by atoms with van der Waals surface area (Å²) in [6.45, 7) is 1.45. The van der Waals surface area contributed by atoms with Gasteiger partial charge in [0.1, 0.15) is 12.3 Å². The van der Waals surface area contributed by atoms with E-state index in [0.29, 0.717) is 6.61 Å². The molecule has 3 nitrogen and oxygen atoms in total. The molecule has 0 atom stereocenters. The van der Waals surface area contributed by atoms with E-state index in [2.05, 4.69) is 58.6 Å². The lowest BCUT2D eigenvalue weighted by Gasteiger charge is -2.11. The highest BCUT2D eigenvalue weighted by molar-refractivity contribution is 7.98. The Bertz CT molecular complexity index is 633. The maximum absolute atomic E-state index is 5.59. The lowest BCUT2D eigenvalue weighted by atomic mass is 9.98. The van der Waals surface area contributed by atoms with Gasteiger partial charge in [0.05, 0.1) is 0 Å². The Hall–Kier alpha value is -1.78. The lowest BCUT2D eigenvalue weighted by molar-refractivity contribution is 0.126. The van der Waals surface area contributed by atoms with Crippen molar-refractivity contribution in [2.45, 2.75) is 10.6 Å². The number of fused-ring (bicyclic) bond motifs is 2. The fraction of sp³-hybridized carbons (Fsp3) is 0.278. The predicted octanol–water partition coefficient (Wildman–Crippen LogP) is 3.62. The standard InChI is InChI=1S/C18H20N2OS/c1-20(2)11-12-21-19-18-15-8-4-3-7-14(15)13-22-17-10-6-5-9-16(17)18/h3-10H,11-13H2,1-2H3. The van der Waals surface area contributed by atoms with Gasteiger partial charge in [-0.15, -0.1) is 11.8 Å². The minimum Gasteiger partial charge on any atom is -0.394 e. The SMILES string of the molecule is CN(C)CCON=C1c2ccccc2CSc2ccccc21. The molecule has 2 aromatic rings. The second kappa shape index (κ2) is 6.99. The van der Waals surface area contributed by atoms with Crippen molar-refractivity contribution in [2.24, 2.45) is 5.16 Å². The molecule has 0 spiro atoms. The first-order valence-corrected chi connectivity index (χ1v) is 8.39. The summed E-state index contributed by atoms with van der Waals surface area (Å²) in [5.41, 5.74) is 4.57. The van der Waals surface area contributed by atoms with E-state index in [4.69, 9.17) is 4.84 Å². The lowest BCUT2D eigenvalue weighted by Crippen LogP contribution is -2.17. The van der Waals surface area contributed by atoms with Crippen molar-refractivity contribution in [2.75, 3.05) is 27.2 Å². The van der Waals surface area contributed by atoms with Crippen LogP contribution in [0.1, 0.15) is 16.7 Å². The molecule has 4 heteroatoms. The molecule has 0 radical (unpaired) electrons. The zero-order chi connectivity index (χ0) is 15.4. The van der Waals surface area contributed by atoms with Crippen molar-refractivity contribution in [1.82, 2.24) is 4.90 Å². The first kappa shape index (κ1) is 15.1. The molecule has 22 heavy (non-hydrogen) atoms. The fourth-order valence-electron chi connectivity index (χ4n) is 2.40. The van der Waals surface area contributed by atoms with Crippen LogP contribution in [0.2, 0.25) is 0 Å². The Labute approximate surface area is 136 Å². The molecule has 0 N–H and O–H groups in total. The molecule has 0 aliphatic carbocycles. The zero-order valence-electron chi connectivity index (χ0n) is 13.0. The van der Waals surface area contributed by atoms with Crippen LogP contribution in [0.5, 0.6) is 0 Å². The van der Waals surface area contributed by atoms with Gasteiger partial charge in [0.2, 0.25) is 0 Å². The molecule has 0 aromatic heterocycles. The van der Waals surface area contributed by atoms with Gasteiger partial charge in [0.15, 0.2) is 0 Å². The molecule has 1 heterocycles. The Kier molecular flexibility index (Phi) is 4.80. The van der Waals surface area contributed by atoms with Gasteiger partial charge >= 0.3 is 0 Å². The summed E-state index contributed by atoms with van der Waals surface area (Å²) in [6.07, 6.45) is 0. The highest BCUT2D eigenvalue weighted by Crippen LogP contribution is 2.33. The van der Waals surface area contributed by atoms with Gasteiger partial charge in [-0.05, 0) is 25.7 Å². The quantitative estimate of drug-likeness (QED) is 0.637. The van der Waals surface area contributed by atoms with E-state index >= 15 is 0 Å². The van der Waals surface area contributed by atoms with Crippen LogP contribution in [0.3, 0.4) is 0 Å². The largest absolute Gasteiger partial charge is 0.394 e. The highest BCUT2D eigenvalue weighted by Gasteiger charge is 2.19. The number of thioether (sulfide) groups is 1. The summed E-state index contributed by atoms with van der Waals surface area (Å²) in [4.78, 5) is 8.94. The number of hydrogen-bond acceptors (Lipinski definition) is 4. The average Bonchev–Trinajstić information content (AvgIpc) is 2.69. The molecule has 114 valence electrons. The fourth-order valence-corrected chi connectivity index (χ4v) is 3.46. The van der Waals surface area contributed by atoms with E-state index < -0.39 is 0 Å². The Morgan fingerprint density at radius 2 is 1.77 bits per heavy atom. The summed E-state index contributed by atoms with van der Waals surface area (Å²) in [5, 5.41) is 4.47. The van der Waals surface area contributed by atoms with Gasteiger partial charge in [-0.3, -0.25) is 0 Å². The minimum absolute atomic E-state index is 0.591. The smallest absolute Gasteiger partial charge is 0.129 e. The molecule has 0 saturated carbocycles. The van der Waals surface area contributed by atoms with Crippen molar-refractivity contribution < 1.29 is 4.84 Å². The van der Waals surface area contributed by atoms with Crippen LogP contribution in [0, 0.1) is 0 Å². The van der Waals surface area contributed by atoms with Crippen molar-refractivity contribution in [3.63, 3.8) is 0 Å². The van der Waals surface area contributed by atoms with E-state index in [1.165, 1.54) is 16.0 Å². The van der Waals surface area contributed by atoms with Crippen LogP contribution >= 0.6 is 11.8 Å². The van der Waals surface area contributed by atoms with E-state index in [9.17, 15) is 0 Å². The molecule has 0 unspecified atom stereocenters. The summed E-state index contributed by atoms with van der Waals surface area (Å²) in [6, 6.07) is 16.9. The molecule has 0 amide bonds. The number of hydrogen-bond donors (Lipinski definition) is 0. The van der Waals surface area contributed by atoms with Crippen LogP contribution in [-0.2, 0) is 10.6 Å². The molecule has 2 aromatic carbocycles. The minimum atomic E-state index is 0.591. The topological polar surface area (TPSA) is 24.8 Å². The first-order valence-electron chi connectivity index (χ1n) is 7.41. The summed E-state index contributed by atoms with van der Waals surface area (Å²) in [7, 11) is 4.06. The second-order valence-corrected chi connectivity index (χ2v) is 6.54. The summed E-state index contributed by atoms with van der Waals surface area (Å²) >= 11 is 1.86. The van der Waals surface area contributed by atoms with E-state index in [-0.39, 0.29) is 0 Å². The highest BCUT2D eigenvalue weighted by atomic mass is 32.2. The number of likely N-dealkylation sites (N-methyl/N-ethyl adjacent to an activating group) is 1. The van der Waals surface area contributed by atoms with E-state index in [0.717, 1.165) is 23.6 Å². The molecule has 0 fully saturated rings. The van der Waals surface area contributed by atoms with Crippen LogP contribution < -0.4 is 0 Å². The molecule has 0 bridgehead atoms. The van der Waals surface area contributed by atoms with Gasteiger partial charge in [-0.1, -0.05) is 47.6 Å². The van der Waals surface area contributed by atoms with Crippen molar-refractivity contribution >= 4 is 17.5 Å². The van der Waals surface area contributed by atoms with Crippen molar-refractivity contribution in [1.29, 1.82) is 0 Å². The van der Waals surface area contributed by atoms with Crippen molar-refractivity contribution in [3.8, 4) is 0 Å². The number of benzene rings is 2. The molecular weight excluding hydrogens is 292 g/mol. The third-order valence-corrected chi connectivity index (χ3v) is 4.71. The Balaban J connectivity index is 1.97. The third kappa shape index (κ3) is 3.34. The van der Waals surface area contributed by atoms with E-state index in [1.54, 1.807) is 0 Å². The number of oxime groups is 1. The average molecular weight is 312 g/mol. The van der Waals surface area contributed by atoms with Crippen LogP contribution in [0.15, 0.2) is 58.6 Å². The van der Waals surface area contributed by atoms with Crippen LogP contribution in [0.25, 0.3) is 0 Å². The maximum Gasteiger partial charge on any atom is 0.129 e. The zero-order valence-corrected chi connectivity index (χ0v) is 13.8. The monoisotopic (exact) mass is 312 g/mol. The number of nitrogens with zero attached hydrogens (tertiary/aromatic N) is 2. The normalized spacial score (nSPS) is 15.3. The summed E-state index contributed by atoms with van der Waals surface area (Å²) in [5.74, 6) is 0.962. The van der Waals surface area contributed by atoms with Crippen LogP contribution in [-0.4, -0.2) is 37.9 Å². The third-order valence-electron chi connectivity index (χ3n) is 3.58. The molecular formula is C18H20N2OS. The molecule has 0 saturated heterocycles. The maximum atomic E-state index is 5.59. The van der Waals surface area contributed by atoms with Crippen molar-refractivity contribution in [3.05, 3.63) is 65.2 Å². The van der Waals surface area contributed by atoms with Gasteiger partial charge < -0.3 is 9.74 Å². The predicted molar refractivity (Wildman–Crippen MR) is 92.6 cm³/mol. The molecule has 1 aliphatic rings. The van der Waals surface area contributed by atoms with Gasteiger partial charge in [-0.25, -0.2) is 0 Å². The molecule has 1 aliphatic heterocycles. The van der Waals surface area contributed by atoms with Crippen LogP contribution in [0.4, 0.5) is 0 Å². The summed E-state index contributed by atoms with van der Waals surface area (Å²) < 4.78 is 0. The first-order chi connectivity index (χ1) is 10.8. The molecule has 3 rings (SSSR count).